The Hall–Kier alpha value is -1.83. The van der Waals surface area contributed by atoms with Gasteiger partial charge in [-0.25, -0.2) is 4.79 Å². The summed E-state index contributed by atoms with van der Waals surface area (Å²) >= 11 is 0. The van der Waals surface area contributed by atoms with Crippen LogP contribution < -0.4 is 16.4 Å². The summed E-state index contributed by atoms with van der Waals surface area (Å²) in [5.41, 5.74) is 6.70. The summed E-state index contributed by atoms with van der Waals surface area (Å²) in [4.78, 5) is 26.4. The lowest BCUT2D eigenvalue weighted by Gasteiger charge is -2.32. The van der Waals surface area contributed by atoms with Gasteiger partial charge in [-0.3, -0.25) is 4.79 Å². The van der Waals surface area contributed by atoms with Crippen LogP contribution in [0.4, 0.5) is 10.5 Å². The number of hydrogen-bond donors (Lipinski definition) is 3. The van der Waals surface area contributed by atoms with E-state index in [2.05, 4.69) is 10.6 Å². The molecule has 27 heavy (non-hydrogen) atoms. The van der Waals surface area contributed by atoms with E-state index < -0.39 is 0 Å². The zero-order valence-electron chi connectivity index (χ0n) is 15.5. The number of benzene rings is 1. The van der Waals surface area contributed by atoms with Gasteiger partial charge >= 0.3 is 6.03 Å². The Morgan fingerprint density at radius 3 is 2.59 bits per heavy atom. The van der Waals surface area contributed by atoms with E-state index in [1.807, 2.05) is 4.90 Å². The number of carbonyl (C=O) groups excluding carboxylic acids is 2. The molecule has 2 fully saturated rings. The number of urea groups is 1. The van der Waals surface area contributed by atoms with E-state index in [0.717, 1.165) is 32.1 Å². The van der Waals surface area contributed by atoms with Crippen molar-refractivity contribution in [3.63, 3.8) is 0 Å². The number of likely N-dealkylation sites (tertiary alicyclic amines) is 1. The van der Waals surface area contributed by atoms with E-state index in [4.69, 9.17) is 10.5 Å². The monoisotopic (exact) mass is 396 g/mol. The van der Waals surface area contributed by atoms with Crippen molar-refractivity contribution in [3.05, 3.63) is 29.8 Å². The lowest BCUT2D eigenvalue weighted by Crippen LogP contribution is -2.41. The number of rotatable bonds is 7. The van der Waals surface area contributed by atoms with Crippen molar-refractivity contribution in [1.82, 2.24) is 10.2 Å². The van der Waals surface area contributed by atoms with Gasteiger partial charge in [-0.2, -0.15) is 0 Å². The summed E-state index contributed by atoms with van der Waals surface area (Å²) in [6.45, 7) is 2.70. The van der Waals surface area contributed by atoms with E-state index in [-0.39, 0.29) is 30.4 Å². The SMILES string of the molecule is Cl.NCCCOC1CCN(C(=O)c2cccc(NC(=O)NC3CC3)c2)CC1. The van der Waals surface area contributed by atoms with Gasteiger partial charge in [0.15, 0.2) is 0 Å². The number of halogens is 1. The van der Waals surface area contributed by atoms with Crippen LogP contribution in [0.2, 0.25) is 0 Å². The van der Waals surface area contributed by atoms with Crippen molar-refractivity contribution in [2.24, 2.45) is 5.73 Å². The molecule has 1 aromatic rings. The minimum atomic E-state index is -0.215. The average molecular weight is 397 g/mol. The summed E-state index contributed by atoms with van der Waals surface area (Å²) in [5.74, 6) is -0.00309. The maximum atomic E-state index is 12.7. The van der Waals surface area contributed by atoms with E-state index in [1.54, 1.807) is 24.3 Å². The first-order valence-electron chi connectivity index (χ1n) is 9.44. The number of hydrogen-bond acceptors (Lipinski definition) is 4. The minimum Gasteiger partial charge on any atom is -0.378 e. The summed E-state index contributed by atoms with van der Waals surface area (Å²) in [7, 11) is 0. The van der Waals surface area contributed by atoms with Gasteiger partial charge in [-0.1, -0.05) is 6.07 Å². The fourth-order valence-electron chi connectivity index (χ4n) is 3.05. The third-order valence-electron chi connectivity index (χ3n) is 4.71. The second-order valence-corrected chi connectivity index (χ2v) is 6.96. The van der Waals surface area contributed by atoms with E-state index in [9.17, 15) is 9.59 Å². The Morgan fingerprint density at radius 2 is 1.93 bits per heavy atom. The van der Waals surface area contributed by atoms with Crippen molar-refractivity contribution in [2.45, 2.75) is 44.2 Å². The molecule has 1 saturated carbocycles. The van der Waals surface area contributed by atoms with Crippen LogP contribution in [0.15, 0.2) is 24.3 Å². The summed E-state index contributed by atoms with van der Waals surface area (Å²) < 4.78 is 5.78. The van der Waals surface area contributed by atoms with Crippen molar-refractivity contribution >= 4 is 30.0 Å². The Labute approximate surface area is 166 Å². The molecular formula is C19H29ClN4O3. The highest BCUT2D eigenvalue weighted by Crippen LogP contribution is 2.20. The summed E-state index contributed by atoms with van der Waals surface area (Å²) in [5, 5.41) is 5.67. The van der Waals surface area contributed by atoms with Crippen LogP contribution in [0, 0.1) is 0 Å². The summed E-state index contributed by atoms with van der Waals surface area (Å²) in [6.07, 6.45) is 4.85. The third-order valence-corrected chi connectivity index (χ3v) is 4.71. The van der Waals surface area contributed by atoms with Crippen molar-refractivity contribution in [2.75, 3.05) is 31.6 Å². The van der Waals surface area contributed by atoms with Crippen LogP contribution in [0.25, 0.3) is 0 Å². The molecule has 0 unspecified atom stereocenters. The van der Waals surface area contributed by atoms with E-state index >= 15 is 0 Å². The molecule has 8 heteroatoms. The molecule has 150 valence electrons. The van der Waals surface area contributed by atoms with Crippen molar-refractivity contribution in [3.8, 4) is 0 Å². The summed E-state index contributed by atoms with van der Waals surface area (Å²) in [6, 6.07) is 7.19. The highest BCUT2D eigenvalue weighted by Gasteiger charge is 2.25. The highest BCUT2D eigenvalue weighted by atomic mass is 35.5. The molecular weight excluding hydrogens is 368 g/mol. The molecule has 7 nitrogen and oxygen atoms in total. The van der Waals surface area contributed by atoms with Gasteiger partial charge < -0.3 is 26.0 Å². The predicted molar refractivity (Wildman–Crippen MR) is 107 cm³/mol. The quantitative estimate of drug-likeness (QED) is 0.616. The van der Waals surface area contributed by atoms with Gasteiger partial charge in [-0.15, -0.1) is 12.4 Å². The molecule has 0 radical (unpaired) electrons. The number of nitrogens with one attached hydrogen (secondary N) is 2. The zero-order chi connectivity index (χ0) is 18.4. The molecule has 0 bridgehead atoms. The lowest BCUT2D eigenvalue weighted by molar-refractivity contribution is 0.00844. The Balaban J connectivity index is 0.00000261. The molecule has 1 heterocycles. The van der Waals surface area contributed by atoms with Crippen LogP contribution >= 0.6 is 12.4 Å². The molecule has 1 aliphatic carbocycles. The topological polar surface area (TPSA) is 96.7 Å². The Morgan fingerprint density at radius 1 is 1.19 bits per heavy atom. The normalized spacial score (nSPS) is 17.1. The largest absolute Gasteiger partial charge is 0.378 e. The minimum absolute atomic E-state index is 0. The smallest absolute Gasteiger partial charge is 0.319 e. The molecule has 4 N–H and O–H groups in total. The standard InChI is InChI=1S/C19H28N4O3.ClH/c20-9-2-12-26-17-7-10-23(11-8-17)18(24)14-3-1-4-16(13-14)22-19(25)21-15-5-6-15;/h1,3-4,13,15,17H,2,5-12,20H2,(H2,21,22,25);1H. The molecule has 0 atom stereocenters. The first-order chi connectivity index (χ1) is 12.7. The van der Waals surface area contributed by atoms with Crippen LogP contribution in [0.3, 0.4) is 0 Å². The molecule has 1 aromatic carbocycles. The van der Waals surface area contributed by atoms with E-state index in [1.165, 1.54) is 0 Å². The number of nitrogens with two attached hydrogens (primary N) is 1. The Kier molecular flexibility index (Phi) is 8.34. The van der Waals surface area contributed by atoms with Gasteiger partial charge in [0.05, 0.1) is 6.10 Å². The van der Waals surface area contributed by atoms with Crippen LogP contribution in [0.5, 0.6) is 0 Å². The number of carbonyl (C=O) groups is 2. The van der Waals surface area contributed by atoms with Gasteiger partial charge in [0.1, 0.15) is 0 Å². The number of nitrogens with zero attached hydrogens (tertiary/aromatic N) is 1. The maximum Gasteiger partial charge on any atom is 0.319 e. The van der Waals surface area contributed by atoms with Crippen LogP contribution in [-0.4, -0.2) is 55.2 Å². The lowest BCUT2D eigenvalue weighted by atomic mass is 10.1. The number of amides is 3. The molecule has 3 amide bonds. The third kappa shape index (κ3) is 6.68. The number of piperidine rings is 1. The molecule has 1 saturated heterocycles. The number of anilines is 1. The first-order valence-corrected chi connectivity index (χ1v) is 9.44. The van der Waals surface area contributed by atoms with Gasteiger partial charge in [0, 0.05) is 37.0 Å². The Bertz CT molecular complexity index is 631. The second kappa shape index (κ2) is 10.5. The number of ether oxygens (including phenoxy) is 1. The second-order valence-electron chi connectivity index (χ2n) is 6.96. The van der Waals surface area contributed by atoms with Gasteiger partial charge in [0.25, 0.3) is 5.91 Å². The highest BCUT2D eigenvalue weighted by molar-refractivity contribution is 5.97. The first kappa shape index (κ1) is 21.5. The van der Waals surface area contributed by atoms with Crippen molar-refractivity contribution < 1.29 is 14.3 Å². The average Bonchev–Trinajstić information content (AvgIpc) is 3.46. The molecule has 1 aliphatic heterocycles. The zero-order valence-corrected chi connectivity index (χ0v) is 16.3. The molecule has 0 spiro atoms. The van der Waals surface area contributed by atoms with Crippen LogP contribution in [0.1, 0.15) is 42.5 Å². The van der Waals surface area contributed by atoms with Gasteiger partial charge in [0.2, 0.25) is 0 Å². The predicted octanol–water partition coefficient (Wildman–Crippen LogP) is 2.36. The van der Waals surface area contributed by atoms with E-state index in [0.29, 0.717) is 43.5 Å². The fourth-order valence-corrected chi connectivity index (χ4v) is 3.05. The maximum absolute atomic E-state index is 12.7. The van der Waals surface area contributed by atoms with Gasteiger partial charge in [-0.05, 0) is 56.8 Å². The molecule has 3 rings (SSSR count). The fraction of sp³-hybridized carbons (Fsp3) is 0.579. The van der Waals surface area contributed by atoms with Crippen molar-refractivity contribution in [1.29, 1.82) is 0 Å². The molecule has 0 aromatic heterocycles. The van der Waals surface area contributed by atoms with Crippen LogP contribution in [-0.2, 0) is 4.74 Å². The molecule has 2 aliphatic rings.